The van der Waals surface area contributed by atoms with Gasteiger partial charge < -0.3 is 18.9 Å². The lowest BCUT2D eigenvalue weighted by Crippen LogP contribution is -2.11. The number of hydrogen-bond donors (Lipinski definition) is 0. The molecule has 0 bridgehead atoms. The van der Waals surface area contributed by atoms with Gasteiger partial charge in [-0.1, -0.05) is 131 Å². The maximum Gasteiger partial charge on any atom is 0.508 e. The summed E-state index contributed by atoms with van der Waals surface area (Å²) < 4.78 is 22.8. The lowest BCUT2D eigenvalue weighted by atomic mass is 10.1. The second kappa shape index (κ2) is 19.6. The van der Waals surface area contributed by atoms with Gasteiger partial charge in [0.2, 0.25) is 0 Å². The van der Waals surface area contributed by atoms with Gasteiger partial charge >= 0.3 is 6.16 Å². The van der Waals surface area contributed by atoms with E-state index in [1.54, 1.807) is 0 Å². The number of unbranched alkanes of at least 4 members (excludes halogenated alkanes) is 9. The van der Waals surface area contributed by atoms with Crippen molar-refractivity contribution in [3.05, 3.63) is 95.6 Å². The van der Waals surface area contributed by atoms with Crippen LogP contribution in [0.15, 0.2) is 78.9 Å². The lowest BCUT2D eigenvalue weighted by Gasteiger charge is -2.15. The van der Waals surface area contributed by atoms with E-state index in [2.05, 4.69) is 6.92 Å². The summed E-state index contributed by atoms with van der Waals surface area (Å²) in [5.41, 5.74) is 3.17. The molecule has 0 unspecified atom stereocenters. The molecule has 0 aliphatic heterocycles. The Morgan fingerprint density at radius 3 is 1.68 bits per heavy atom. The van der Waals surface area contributed by atoms with Crippen LogP contribution in [-0.4, -0.2) is 19.4 Å². The van der Waals surface area contributed by atoms with Gasteiger partial charge in [-0.2, -0.15) is 0 Å². The van der Waals surface area contributed by atoms with Crippen molar-refractivity contribution in [3.8, 4) is 11.5 Å². The molecule has 216 valence electrons. The van der Waals surface area contributed by atoms with E-state index in [4.69, 9.17) is 18.9 Å². The van der Waals surface area contributed by atoms with E-state index in [0.717, 1.165) is 29.5 Å². The zero-order valence-corrected chi connectivity index (χ0v) is 24.2. The van der Waals surface area contributed by atoms with Crippen LogP contribution in [0.1, 0.15) is 87.8 Å². The highest BCUT2D eigenvalue weighted by Crippen LogP contribution is 2.30. The highest BCUT2D eigenvalue weighted by molar-refractivity contribution is 5.59. The molecule has 0 fully saturated rings. The summed E-state index contributed by atoms with van der Waals surface area (Å²) in [5, 5.41) is 0. The molecule has 0 heterocycles. The maximum absolute atomic E-state index is 12.0. The fourth-order valence-corrected chi connectivity index (χ4v) is 4.45. The number of rotatable bonds is 20. The van der Waals surface area contributed by atoms with Crippen molar-refractivity contribution >= 4 is 6.16 Å². The molecule has 3 aromatic rings. The lowest BCUT2D eigenvalue weighted by molar-refractivity contribution is 0.0548. The van der Waals surface area contributed by atoms with Crippen LogP contribution < -0.4 is 9.47 Å². The summed E-state index contributed by atoms with van der Waals surface area (Å²) in [5.74, 6) is 1.35. The Bertz CT molecular complexity index is 1070. The van der Waals surface area contributed by atoms with Crippen LogP contribution in [0, 0.1) is 0 Å². The predicted molar refractivity (Wildman–Crippen MR) is 161 cm³/mol. The summed E-state index contributed by atoms with van der Waals surface area (Å²) in [6.07, 6.45) is 12.4. The van der Waals surface area contributed by atoms with Gasteiger partial charge in [-0.15, -0.1) is 0 Å². The average molecular weight is 547 g/mol. The minimum absolute atomic E-state index is 0.249. The normalized spacial score (nSPS) is 10.7. The third-order valence-corrected chi connectivity index (χ3v) is 6.81. The van der Waals surface area contributed by atoms with Crippen LogP contribution in [0.2, 0.25) is 0 Å². The summed E-state index contributed by atoms with van der Waals surface area (Å²) in [6, 6.07) is 25.9. The van der Waals surface area contributed by atoms with E-state index >= 15 is 0 Å². The first-order chi connectivity index (χ1) is 19.7. The standard InChI is InChI=1S/C35H46O5/c1-2-3-4-5-6-7-8-9-10-17-25-37-35(36)38-26-24-30-22-23-33(39-28-31-18-13-11-14-19-31)34(27-30)40-29-32-20-15-12-16-21-32/h11-16,18-23,27H,2-10,17,24-26,28-29H2,1H3. The summed E-state index contributed by atoms with van der Waals surface area (Å²) in [6.45, 7) is 3.81. The molecule has 3 rings (SSSR count). The molecule has 0 aliphatic rings. The van der Waals surface area contributed by atoms with Gasteiger partial charge in [-0.05, 0) is 35.2 Å². The molecule has 0 saturated carbocycles. The summed E-state index contributed by atoms with van der Waals surface area (Å²) in [7, 11) is 0. The zero-order valence-electron chi connectivity index (χ0n) is 24.2. The van der Waals surface area contributed by atoms with Crippen LogP contribution in [0.4, 0.5) is 4.79 Å². The minimum Gasteiger partial charge on any atom is -0.485 e. The number of carbonyl (C=O) groups excluding carboxylic acids is 1. The zero-order chi connectivity index (χ0) is 28.1. The van der Waals surface area contributed by atoms with Gasteiger partial charge in [0.25, 0.3) is 0 Å². The average Bonchev–Trinajstić information content (AvgIpc) is 2.99. The minimum atomic E-state index is -0.598. The van der Waals surface area contributed by atoms with Crippen molar-refractivity contribution in [2.75, 3.05) is 13.2 Å². The largest absolute Gasteiger partial charge is 0.508 e. The van der Waals surface area contributed by atoms with Gasteiger partial charge in [-0.3, -0.25) is 0 Å². The third kappa shape index (κ3) is 13.1. The Balaban J connectivity index is 1.37. The van der Waals surface area contributed by atoms with Crippen LogP contribution >= 0.6 is 0 Å². The van der Waals surface area contributed by atoms with E-state index in [-0.39, 0.29) is 6.61 Å². The van der Waals surface area contributed by atoms with Crippen molar-refractivity contribution in [2.24, 2.45) is 0 Å². The van der Waals surface area contributed by atoms with E-state index in [1.165, 1.54) is 51.4 Å². The van der Waals surface area contributed by atoms with E-state index < -0.39 is 6.16 Å². The highest BCUT2D eigenvalue weighted by atomic mass is 16.7. The Labute approximate surface area is 240 Å². The number of benzene rings is 3. The topological polar surface area (TPSA) is 54.0 Å². The van der Waals surface area contributed by atoms with Gasteiger partial charge in [0, 0.05) is 6.42 Å². The van der Waals surface area contributed by atoms with Crippen molar-refractivity contribution < 1.29 is 23.7 Å². The van der Waals surface area contributed by atoms with Crippen LogP contribution in [0.25, 0.3) is 0 Å². The third-order valence-electron chi connectivity index (χ3n) is 6.81. The van der Waals surface area contributed by atoms with Crippen LogP contribution in [-0.2, 0) is 29.1 Å². The fraction of sp³-hybridized carbons (Fsp3) is 0.457. The first kappa shape index (κ1) is 31.1. The van der Waals surface area contributed by atoms with Gasteiger partial charge in [0.1, 0.15) is 13.2 Å². The summed E-state index contributed by atoms with van der Waals surface area (Å²) >= 11 is 0. The number of carbonyl (C=O) groups is 1. The Morgan fingerprint density at radius 1 is 0.550 bits per heavy atom. The van der Waals surface area contributed by atoms with Crippen LogP contribution in [0.5, 0.6) is 11.5 Å². The molecular weight excluding hydrogens is 500 g/mol. The second-order valence-corrected chi connectivity index (χ2v) is 10.2. The van der Waals surface area contributed by atoms with Crippen LogP contribution in [0.3, 0.4) is 0 Å². The molecule has 40 heavy (non-hydrogen) atoms. The molecular formula is C35H46O5. The van der Waals surface area contributed by atoms with E-state index in [1.807, 2.05) is 78.9 Å². The van der Waals surface area contributed by atoms with Crippen molar-refractivity contribution in [3.63, 3.8) is 0 Å². The maximum atomic E-state index is 12.0. The molecule has 5 nitrogen and oxygen atoms in total. The molecule has 0 aliphatic carbocycles. The summed E-state index contributed by atoms with van der Waals surface area (Å²) in [4.78, 5) is 12.0. The van der Waals surface area contributed by atoms with Gasteiger partial charge in [0.15, 0.2) is 11.5 Å². The van der Waals surface area contributed by atoms with E-state index in [9.17, 15) is 4.79 Å². The molecule has 0 atom stereocenters. The molecule has 3 aromatic carbocycles. The Kier molecular flexibility index (Phi) is 15.2. The van der Waals surface area contributed by atoms with Crippen molar-refractivity contribution in [1.82, 2.24) is 0 Å². The van der Waals surface area contributed by atoms with Gasteiger partial charge in [0.05, 0.1) is 13.2 Å². The second-order valence-electron chi connectivity index (χ2n) is 10.2. The predicted octanol–water partition coefficient (Wildman–Crippen LogP) is 9.46. The Morgan fingerprint density at radius 2 is 1.07 bits per heavy atom. The smallest absolute Gasteiger partial charge is 0.485 e. The fourth-order valence-electron chi connectivity index (χ4n) is 4.45. The van der Waals surface area contributed by atoms with E-state index in [0.29, 0.717) is 37.7 Å². The quantitative estimate of drug-likeness (QED) is 0.104. The molecule has 5 heteroatoms. The van der Waals surface area contributed by atoms with Crippen molar-refractivity contribution in [2.45, 2.75) is 90.8 Å². The molecule has 0 radical (unpaired) electrons. The molecule has 0 amide bonds. The van der Waals surface area contributed by atoms with Crippen molar-refractivity contribution in [1.29, 1.82) is 0 Å². The molecule has 0 spiro atoms. The molecule has 0 aromatic heterocycles. The Hall–Kier alpha value is -3.47. The first-order valence-electron chi connectivity index (χ1n) is 15.0. The SMILES string of the molecule is CCCCCCCCCCCCOC(=O)OCCc1ccc(OCc2ccccc2)c(OCc2ccccc2)c1. The monoisotopic (exact) mass is 546 g/mol. The number of ether oxygens (including phenoxy) is 4. The van der Waals surface area contributed by atoms with Gasteiger partial charge in [-0.25, -0.2) is 4.79 Å². The molecule has 0 N–H and O–H groups in total. The first-order valence-corrected chi connectivity index (χ1v) is 15.0. The molecule has 0 saturated heterocycles. The number of hydrogen-bond acceptors (Lipinski definition) is 5. The highest BCUT2D eigenvalue weighted by Gasteiger charge is 2.10.